The molecule has 0 aliphatic heterocycles. The molecular formula is H6BGaLuO3. The second kappa shape index (κ2) is 9.94. The van der Waals surface area contributed by atoms with Crippen molar-refractivity contribution in [2.45, 2.75) is 0 Å². The van der Waals surface area contributed by atoms with Gasteiger partial charge in [0.1, 0.15) is 0 Å². The van der Waals surface area contributed by atoms with Gasteiger partial charge in [-0.1, -0.05) is 0 Å². The molecule has 0 aliphatic carbocycles. The van der Waals surface area contributed by atoms with Crippen molar-refractivity contribution < 1.29 is 51.9 Å². The molecule has 0 saturated carbocycles. The second-order valence-electron chi connectivity index (χ2n) is 0.346. The van der Waals surface area contributed by atoms with Crippen LogP contribution in [0.1, 0.15) is 0 Å². The number of rotatable bonds is 0. The average molecular weight is 310 g/mol. The monoisotopic (exact) mass is 309 g/mol. The minimum absolute atomic E-state index is 0. The van der Waals surface area contributed by atoms with Crippen LogP contribution in [-0.2, 0) is 0 Å². The van der Waals surface area contributed by atoms with Crippen LogP contribution in [0.5, 0.6) is 0 Å². The summed E-state index contributed by atoms with van der Waals surface area (Å²) in [7, 11) is -2.17. The van der Waals surface area contributed by atoms with Gasteiger partial charge in [-0.3, -0.25) is 0 Å². The SMILES string of the molecule is OB(O)O.[GaH3].[Lu]. The summed E-state index contributed by atoms with van der Waals surface area (Å²) < 4.78 is 0. The van der Waals surface area contributed by atoms with E-state index < -0.39 is 7.32 Å². The Kier molecular flexibility index (Phi) is 25.9. The van der Waals surface area contributed by atoms with Crippen molar-refractivity contribution in [2.24, 2.45) is 0 Å². The fourth-order valence-electron chi connectivity index (χ4n) is 0. The van der Waals surface area contributed by atoms with E-state index in [2.05, 4.69) is 0 Å². The Morgan fingerprint density at radius 3 is 1.00 bits per heavy atom. The van der Waals surface area contributed by atoms with Crippen LogP contribution >= 0.6 is 0 Å². The molecule has 1 radical (unpaired) electrons. The van der Waals surface area contributed by atoms with Gasteiger partial charge in [0.15, 0.2) is 0 Å². The van der Waals surface area contributed by atoms with Crippen LogP contribution in [0.4, 0.5) is 0 Å². The summed E-state index contributed by atoms with van der Waals surface area (Å²) in [6, 6.07) is 0. The van der Waals surface area contributed by atoms with Crippen molar-refractivity contribution >= 4 is 27.1 Å². The number of hydrogen-bond donors (Lipinski definition) is 3. The van der Waals surface area contributed by atoms with Crippen molar-refractivity contribution in [2.75, 3.05) is 0 Å². The Labute approximate surface area is 78.2 Å². The Hall–Kier alpha value is 1.82. The Morgan fingerprint density at radius 1 is 1.00 bits per heavy atom. The second-order valence-corrected chi connectivity index (χ2v) is 0.346. The molecule has 0 bridgehead atoms. The van der Waals surface area contributed by atoms with Gasteiger partial charge in [-0.05, 0) is 0 Å². The summed E-state index contributed by atoms with van der Waals surface area (Å²) >= 11 is 0. The Morgan fingerprint density at radius 2 is 1.00 bits per heavy atom. The van der Waals surface area contributed by atoms with E-state index in [0.29, 0.717) is 0 Å². The van der Waals surface area contributed by atoms with E-state index >= 15 is 0 Å². The fourth-order valence-corrected chi connectivity index (χ4v) is 0. The van der Waals surface area contributed by atoms with Crippen molar-refractivity contribution in [3.05, 3.63) is 0 Å². The zero-order chi connectivity index (χ0) is 3.58. The van der Waals surface area contributed by atoms with Gasteiger partial charge in [0.2, 0.25) is 0 Å². The predicted octanol–water partition coefficient (Wildman–Crippen LogP) is -3.24. The minimum atomic E-state index is -2.17. The van der Waals surface area contributed by atoms with Gasteiger partial charge in [0.05, 0.1) is 0 Å². The van der Waals surface area contributed by atoms with Crippen LogP contribution in [0, 0.1) is 36.9 Å². The maximum atomic E-state index is 7.17. The summed E-state index contributed by atoms with van der Waals surface area (Å²) in [5.41, 5.74) is 0. The van der Waals surface area contributed by atoms with Gasteiger partial charge in [-0.2, -0.15) is 0 Å². The van der Waals surface area contributed by atoms with E-state index in [-0.39, 0.29) is 56.7 Å². The van der Waals surface area contributed by atoms with Crippen molar-refractivity contribution in [3.63, 3.8) is 0 Å². The maximum Gasteiger partial charge on any atom is 0 e. The third kappa shape index (κ3) is 40.9. The van der Waals surface area contributed by atoms with Gasteiger partial charge in [-0.25, -0.2) is 0 Å². The van der Waals surface area contributed by atoms with Crippen molar-refractivity contribution in [3.8, 4) is 0 Å². The van der Waals surface area contributed by atoms with Crippen LogP contribution in [0.3, 0.4) is 0 Å². The van der Waals surface area contributed by atoms with Crippen LogP contribution in [0.15, 0.2) is 0 Å². The molecule has 45 valence electrons. The normalized spacial score (nSPS) is 4.50. The Balaban J connectivity index is -0.0000000450. The van der Waals surface area contributed by atoms with Gasteiger partial charge in [0.25, 0.3) is 0 Å². The molecule has 6 heavy (non-hydrogen) atoms. The standard InChI is InChI=1S/BH3O3.Ga.Lu.3H/c2-1(3)4;;;;;/h2-4H;;;;;. The van der Waals surface area contributed by atoms with Crippen molar-refractivity contribution in [1.29, 1.82) is 0 Å². The molecule has 0 aromatic rings. The summed E-state index contributed by atoms with van der Waals surface area (Å²) in [6.07, 6.45) is 0. The van der Waals surface area contributed by atoms with Gasteiger partial charge in [0, 0.05) is 36.9 Å². The van der Waals surface area contributed by atoms with E-state index in [9.17, 15) is 0 Å². The molecule has 3 N–H and O–H groups in total. The van der Waals surface area contributed by atoms with E-state index in [1.54, 1.807) is 0 Å². The molecule has 0 atom stereocenters. The topological polar surface area (TPSA) is 60.7 Å². The minimum Gasteiger partial charge on any atom is 0 e. The van der Waals surface area contributed by atoms with Gasteiger partial charge < -0.3 is 15.1 Å². The predicted molar refractivity (Wildman–Crippen MR) is 22.3 cm³/mol. The molecule has 0 fully saturated rings. The summed E-state index contributed by atoms with van der Waals surface area (Å²) in [5, 5.41) is 21.5. The van der Waals surface area contributed by atoms with Crippen LogP contribution in [0.25, 0.3) is 0 Å². The van der Waals surface area contributed by atoms with Crippen LogP contribution in [-0.4, -0.2) is 42.2 Å². The first-order valence-electron chi connectivity index (χ1n) is 0.775. The molecule has 0 unspecified atom stereocenters. The molecule has 0 spiro atoms. The fraction of sp³-hybridized carbons (Fsp3) is 0. The van der Waals surface area contributed by atoms with E-state index in [4.69, 9.17) is 15.1 Å². The molecule has 0 aromatic heterocycles. The third-order valence-electron chi connectivity index (χ3n) is 0. The molecule has 0 amide bonds. The molecule has 0 heterocycles. The zero-order valence-corrected chi connectivity index (χ0v) is 3.83. The van der Waals surface area contributed by atoms with Crippen LogP contribution in [0.2, 0.25) is 0 Å². The molecular weight excluding hydrogens is 303 g/mol. The molecule has 0 saturated heterocycles. The quantitative estimate of drug-likeness (QED) is 0.412. The summed E-state index contributed by atoms with van der Waals surface area (Å²) in [5.74, 6) is 0. The molecule has 6 heteroatoms. The third-order valence-corrected chi connectivity index (χ3v) is 0. The van der Waals surface area contributed by atoms with Crippen LogP contribution < -0.4 is 0 Å². The van der Waals surface area contributed by atoms with Gasteiger partial charge >= 0.3 is 27.1 Å². The molecule has 0 rings (SSSR count). The van der Waals surface area contributed by atoms with E-state index in [0.717, 1.165) is 0 Å². The first-order chi connectivity index (χ1) is 1.73. The molecule has 0 aliphatic rings. The smallest absolute Gasteiger partial charge is 0 e. The molecule has 0 aromatic carbocycles. The first kappa shape index (κ1) is 15.7. The van der Waals surface area contributed by atoms with E-state index in [1.165, 1.54) is 0 Å². The number of hydrogen-bond acceptors (Lipinski definition) is 3. The zero-order valence-electron chi connectivity index (χ0n) is 2.18. The Bertz CT molecular complexity index is 15.5. The molecule has 3 nitrogen and oxygen atoms in total. The first-order valence-corrected chi connectivity index (χ1v) is 0.775. The maximum absolute atomic E-state index is 7.17. The van der Waals surface area contributed by atoms with E-state index in [1.807, 2.05) is 0 Å². The summed E-state index contributed by atoms with van der Waals surface area (Å²) in [4.78, 5) is 0. The summed E-state index contributed by atoms with van der Waals surface area (Å²) in [6.45, 7) is 0. The van der Waals surface area contributed by atoms with Crippen molar-refractivity contribution in [1.82, 2.24) is 0 Å². The average Bonchev–Trinajstić information content (AvgIpc) is 0.811. The largest absolute Gasteiger partial charge is 0 e. The van der Waals surface area contributed by atoms with Gasteiger partial charge in [-0.15, -0.1) is 0 Å².